The second-order valence-corrected chi connectivity index (χ2v) is 8.87. The minimum atomic E-state index is -3.90. The first-order chi connectivity index (χ1) is 9.40. The topological polar surface area (TPSA) is 71.0 Å². The highest BCUT2D eigenvalue weighted by Crippen LogP contribution is 2.45. The molecule has 0 aromatic rings. The summed E-state index contributed by atoms with van der Waals surface area (Å²) in [7, 11) is 3.69. The first kappa shape index (κ1) is 24.8. The third-order valence-electron chi connectivity index (χ3n) is 2.96. The molecule has 0 aromatic carbocycles. The van der Waals surface area contributed by atoms with Crippen LogP contribution in [0.2, 0.25) is 0 Å². The molecule has 7 nitrogen and oxygen atoms in total. The largest absolute Gasteiger partial charge is 1.00 e. The highest BCUT2D eigenvalue weighted by Gasteiger charge is 2.29. The number of hydrogen-bond donors (Lipinski definition) is 2. The Morgan fingerprint density at radius 1 is 1.36 bits per heavy atom. The van der Waals surface area contributed by atoms with Crippen molar-refractivity contribution in [2.24, 2.45) is 0 Å². The summed E-state index contributed by atoms with van der Waals surface area (Å²) in [5.74, 6) is 0. The molecule has 1 atom stereocenters. The molecule has 2 N–H and O–H groups in total. The van der Waals surface area contributed by atoms with Gasteiger partial charge in [-0.2, -0.15) is 0 Å². The Labute approximate surface area is 145 Å². The number of hydrogen-bond acceptors (Lipinski definition) is 4. The number of nitrogens with one attached hydrogen (secondary N) is 1. The third-order valence-corrected chi connectivity index (χ3v) is 4.84. The van der Waals surface area contributed by atoms with E-state index in [1.54, 1.807) is 7.05 Å². The second kappa shape index (κ2) is 10.4. The summed E-state index contributed by atoms with van der Waals surface area (Å²) in [5, 5.41) is 0. The molecule has 0 rings (SSSR count). The average Bonchev–Trinajstić information content (AvgIpc) is 2.34. The zero-order chi connectivity index (χ0) is 16.7. The molecule has 0 radical (unpaired) electrons. The molecule has 22 heavy (non-hydrogen) atoms. The lowest BCUT2D eigenvalue weighted by Gasteiger charge is -2.28. The maximum Gasteiger partial charge on any atom is 0.432 e. The van der Waals surface area contributed by atoms with Crippen molar-refractivity contribution in [1.82, 2.24) is 9.51 Å². The van der Waals surface area contributed by atoms with Crippen molar-refractivity contribution in [1.29, 1.82) is 0 Å². The fourth-order valence-electron chi connectivity index (χ4n) is 1.35. The molecule has 0 aliphatic heterocycles. The SMILES string of the molecule is CN(CC[N+](C)(C)C)P(=O)(O)OOCCCC(C)(C)NCl.[Cl-]. The summed E-state index contributed by atoms with van der Waals surface area (Å²) in [5.41, 5.74) is -0.213. The molecular weight excluding hydrogens is 352 g/mol. The van der Waals surface area contributed by atoms with Gasteiger partial charge in [0.05, 0.1) is 40.8 Å². The Morgan fingerprint density at radius 3 is 2.36 bits per heavy atom. The van der Waals surface area contributed by atoms with Crippen LogP contribution < -0.4 is 17.2 Å². The standard InChI is InChI=1S/C12H29ClN3O4P.ClH/c1-12(2,14-13)8-7-11-19-20-21(17,18)15(3)9-10-16(4,5)6;/h14H,7-11H2,1-6H3;1H. The Hall–Kier alpha value is 0.570. The van der Waals surface area contributed by atoms with Gasteiger partial charge < -0.3 is 21.8 Å². The van der Waals surface area contributed by atoms with Crippen molar-refractivity contribution >= 4 is 19.5 Å². The molecule has 0 fully saturated rings. The first-order valence-corrected chi connectivity index (χ1v) is 8.84. The molecular formula is C12H30Cl2N3O4P. The Kier molecular flexibility index (Phi) is 11.8. The predicted molar refractivity (Wildman–Crippen MR) is 84.7 cm³/mol. The van der Waals surface area contributed by atoms with Crippen LogP contribution in [0.15, 0.2) is 0 Å². The lowest BCUT2D eigenvalue weighted by Crippen LogP contribution is -3.00. The minimum Gasteiger partial charge on any atom is -1.00 e. The Bertz CT molecular complexity index is 354. The van der Waals surface area contributed by atoms with Gasteiger partial charge in [0, 0.05) is 5.54 Å². The van der Waals surface area contributed by atoms with Crippen molar-refractivity contribution in [3.63, 3.8) is 0 Å². The lowest BCUT2D eigenvalue weighted by atomic mass is 10.0. The predicted octanol–water partition coefficient (Wildman–Crippen LogP) is -1.02. The molecule has 10 heteroatoms. The van der Waals surface area contributed by atoms with E-state index in [1.165, 1.54) is 4.67 Å². The molecule has 0 aliphatic carbocycles. The third kappa shape index (κ3) is 12.0. The van der Waals surface area contributed by atoms with E-state index in [-0.39, 0.29) is 24.6 Å². The van der Waals surface area contributed by atoms with Gasteiger partial charge in [0.15, 0.2) is 0 Å². The lowest BCUT2D eigenvalue weighted by molar-refractivity contribution is -0.869. The number of likely N-dealkylation sites (N-methyl/N-ethyl adjacent to an activating group) is 2. The van der Waals surface area contributed by atoms with Gasteiger partial charge in [-0.25, -0.2) is 19.0 Å². The smallest absolute Gasteiger partial charge is 0.432 e. The summed E-state index contributed by atoms with van der Waals surface area (Å²) >= 11 is 5.58. The van der Waals surface area contributed by atoms with Crippen LogP contribution in [0.5, 0.6) is 0 Å². The van der Waals surface area contributed by atoms with Crippen LogP contribution >= 0.6 is 19.5 Å². The summed E-state index contributed by atoms with van der Waals surface area (Å²) in [6.07, 6.45) is 1.42. The molecule has 0 bridgehead atoms. The molecule has 0 heterocycles. The van der Waals surface area contributed by atoms with Gasteiger partial charge in [-0.05, 0) is 45.5 Å². The zero-order valence-corrected chi connectivity index (χ0v) is 16.7. The zero-order valence-electron chi connectivity index (χ0n) is 14.3. The van der Waals surface area contributed by atoms with E-state index in [0.29, 0.717) is 17.4 Å². The summed E-state index contributed by atoms with van der Waals surface area (Å²) in [6.45, 7) is 5.30. The summed E-state index contributed by atoms with van der Waals surface area (Å²) in [6, 6.07) is 0. The quantitative estimate of drug-likeness (QED) is 0.119. The van der Waals surface area contributed by atoms with Crippen LogP contribution in [0, 0.1) is 0 Å². The maximum absolute atomic E-state index is 11.9. The van der Waals surface area contributed by atoms with Crippen molar-refractivity contribution in [3.05, 3.63) is 0 Å². The number of halogens is 2. The van der Waals surface area contributed by atoms with Gasteiger partial charge in [-0.15, -0.1) is 4.67 Å². The average molecular weight is 382 g/mol. The van der Waals surface area contributed by atoms with Crippen LogP contribution in [0.4, 0.5) is 0 Å². The van der Waals surface area contributed by atoms with Gasteiger partial charge in [0.1, 0.15) is 0 Å². The molecule has 0 saturated heterocycles. The second-order valence-electron chi connectivity index (χ2n) is 6.86. The Morgan fingerprint density at radius 2 is 1.91 bits per heavy atom. The molecule has 0 aliphatic rings. The highest BCUT2D eigenvalue weighted by atomic mass is 35.5. The summed E-state index contributed by atoms with van der Waals surface area (Å²) < 4.78 is 18.6. The number of nitrogens with zero attached hydrogens (tertiary/aromatic N) is 2. The van der Waals surface area contributed by atoms with E-state index in [9.17, 15) is 9.46 Å². The first-order valence-electron chi connectivity index (χ1n) is 6.93. The van der Waals surface area contributed by atoms with Crippen molar-refractivity contribution in [2.75, 3.05) is 47.9 Å². The normalized spacial score (nSPS) is 15.5. The van der Waals surface area contributed by atoms with E-state index in [1.807, 2.05) is 35.0 Å². The van der Waals surface area contributed by atoms with E-state index in [4.69, 9.17) is 16.7 Å². The number of rotatable bonds is 11. The van der Waals surface area contributed by atoms with Crippen LogP contribution in [0.25, 0.3) is 0 Å². The van der Waals surface area contributed by atoms with Crippen molar-refractivity contribution < 1.29 is 35.9 Å². The van der Waals surface area contributed by atoms with Crippen LogP contribution in [0.3, 0.4) is 0 Å². The monoisotopic (exact) mass is 381 g/mol. The number of quaternary nitrogens is 1. The van der Waals surface area contributed by atoms with E-state index < -0.39 is 7.75 Å². The Balaban J connectivity index is 0. The van der Waals surface area contributed by atoms with Gasteiger partial charge in [0.25, 0.3) is 0 Å². The van der Waals surface area contributed by atoms with Gasteiger partial charge >= 0.3 is 7.75 Å². The fourth-order valence-corrected chi connectivity index (χ4v) is 2.12. The molecule has 1 unspecified atom stereocenters. The van der Waals surface area contributed by atoms with Gasteiger partial charge in [-0.3, -0.25) is 0 Å². The van der Waals surface area contributed by atoms with E-state index >= 15 is 0 Å². The van der Waals surface area contributed by atoms with Crippen LogP contribution in [0.1, 0.15) is 26.7 Å². The molecule has 0 spiro atoms. The maximum atomic E-state index is 11.9. The molecule has 0 saturated carbocycles. The minimum absolute atomic E-state index is 0. The molecule has 0 amide bonds. The van der Waals surface area contributed by atoms with Gasteiger partial charge in [0.2, 0.25) is 0 Å². The molecule has 136 valence electrons. The van der Waals surface area contributed by atoms with Crippen molar-refractivity contribution in [3.8, 4) is 0 Å². The van der Waals surface area contributed by atoms with Crippen LogP contribution in [-0.2, 0) is 14.1 Å². The molecule has 0 aromatic heterocycles. The summed E-state index contributed by atoms with van der Waals surface area (Å²) in [4.78, 5) is 17.3. The van der Waals surface area contributed by atoms with Crippen LogP contribution in [-0.4, -0.2) is 67.5 Å². The van der Waals surface area contributed by atoms with E-state index in [2.05, 4.69) is 9.51 Å². The van der Waals surface area contributed by atoms with E-state index in [0.717, 1.165) is 13.0 Å². The highest BCUT2D eigenvalue weighted by molar-refractivity contribution is 7.50. The fraction of sp³-hybridized carbons (Fsp3) is 1.00. The van der Waals surface area contributed by atoms with Crippen molar-refractivity contribution in [2.45, 2.75) is 32.2 Å². The van der Waals surface area contributed by atoms with Gasteiger partial charge in [-0.1, -0.05) is 0 Å².